The molecule has 1 heterocycles. The second kappa shape index (κ2) is 5.20. The van der Waals surface area contributed by atoms with Crippen molar-refractivity contribution in [3.8, 4) is 5.75 Å². The molecule has 0 bridgehead atoms. The molecule has 1 unspecified atom stereocenters. The Morgan fingerprint density at radius 3 is 2.55 bits per heavy atom. The number of rotatable bonds is 3. The predicted octanol–water partition coefficient (Wildman–Crippen LogP) is 4.41. The Morgan fingerprint density at radius 1 is 1.10 bits per heavy atom. The lowest BCUT2D eigenvalue weighted by molar-refractivity contribution is 0.340. The summed E-state index contributed by atoms with van der Waals surface area (Å²) in [5.74, 6) is 0.943. The molecular formula is C18H21NO. The molecule has 2 heteroatoms. The van der Waals surface area contributed by atoms with Crippen LogP contribution in [-0.2, 0) is 6.42 Å². The Morgan fingerprint density at radius 2 is 1.85 bits per heavy atom. The molecule has 3 rings (SSSR count). The minimum Gasteiger partial charge on any atom is -0.494 e. The first kappa shape index (κ1) is 13.0. The minimum absolute atomic E-state index is 0.376. The van der Waals surface area contributed by atoms with Gasteiger partial charge in [-0.3, -0.25) is 0 Å². The van der Waals surface area contributed by atoms with Gasteiger partial charge in [0.1, 0.15) is 5.75 Å². The molecule has 2 aromatic rings. The van der Waals surface area contributed by atoms with E-state index in [4.69, 9.17) is 4.74 Å². The van der Waals surface area contributed by atoms with Crippen LogP contribution in [0.5, 0.6) is 5.75 Å². The summed E-state index contributed by atoms with van der Waals surface area (Å²) in [6, 6.07) is 13.3. The summed E-state index contributed by atoms with van der Waals surface area (Å²) in [5, 5.41) is 3.67. The van der Waals surface area contributed by atoms with Crippen LogP contribution in [0.4, 0.5) is 5.69 Å². The molecule has 1 aliphatic heterocycles. The van der Waals surface area contributed by atoms with Crippen LogP contribution in [0.25, 0.3) is 0 Å². The number of benzene rings is 2. The lowest BCUT2D eigenvalue weighted by Gasteiger charge is -2.13. The predicted molar refractivity (Wildman–Crippen MR) is 83.6 cm³/mol. The Labute approximate surface area is 120 Å². The number of hydrogen-bond acceptors (Lipinski definition) is 2. The topological polar surface area (TPSA) is 21.3 Å². The van der Waals surface area contributed by atoms with Gasteiger partial charge in [-0.25, -0.2) is 0 Å². The first-order valence-electron chi connectivity index (χ1n) is 7.27. The highest BCUT2D eigenvalue weighted by Crippen LogP contribution is 2.37. The highest BCUT2D eigenvalue weighted by Gasteiger charge is 2.23. The van der Waals surface area contributed by atoms with Crippen LogP contribution in [0.3, 0.4) is 0 Å². The van der Waals surface area contributed by atoms with Crippen molar-refractivity contribution < 1.29 is 4.74 Å². The van der Waals surface area contributed by atoms with Crippen LogP contribution >= 0.6 is 0 Å². The van der Waals surface area contributed by atoms with Gasteiger partial charge >= 0.3 is 0 Å². The van der Waals surface area contributed by atoms with Gasteiger partial charge in [0.2, 0.25) is 0 Å². The van der Waals surface area contributed by atoms with Crippen molar-refractivity contribution in [1.29, 1.82) is 0 Å². The van der Waals surface area contributed by atoms with Crippen molar-refractivity contribution in [2.24, 2.45) is 0 Å². The maximum absolute atomic E-state index is 5.50. The molecule has 1 atom stereocenters. The molecule has 0 fully saturated rings. The summed E-state index contributed by atoms with van der Waals surface area (Å²) >= 11 is 0. The van der Waals surface area contributed by atoms with Crippen LogP contribution in [0.2, 0.25) is 0 Å². The quantitative estimate of drug-likeness (QED) is 0.889. The summed E-state index contributed by atoms with van der Waals surface area (Å²) < 4.78 is 5.50. The number of nitrogens with one attached hydrogen (secondary N) is 1. The zero-order valence-corrected chi connectivity index (χ0v) is 12.4. The molecule has 0 saturated carbocycles. The van der Waals surface area contributed by atoms with Crippen molar-refractivity contribution >= 4 is 5.69 Å². The van der Waals surface area contributed by atoms with Gasteiger partial charge in [0.15, 0.2) is 0 Å². The second-order valence-corrected chi connectivity index (χ2v) is 5.44. The third-order valence-corrected chi connectivity index (χ3v) is 4.16. The lowest BCUT2D eigenvalue weighted by atomic mass is 10.0. The van der Waals surface area contributed by atoms with Crippen LogP contribution in [0.15, 0.2) is 36.4 Å². The smallest absolute Gasteiger partial charge is 0.119 e. The monoisotopic (exact) mass is 267 g/mol. The second-order valence-electron chi connectivity index (χ2n) is 5.44. The van der Waals surface area contributed by atoms with Crippen molar-refractivity contribution in [2.75, 3.05) is 11.9 Å². The first-order valence-corrected chi connectivity index (χ1v) is 7.27. The molecule has 0 amide bonds. The molecule has 20 heavy (non-hydrogen) atoms. The Kier molecular flexibility index (Phi) is 3.39. The largest absolute Gasteiger partial charge is 0.494 e. The summed E-state index contributed by atoms with van der Waals surface area (Å²) in [6.45, 7) is 7.09. The average Bonchev–Trinajstić information content (AvgIpc) is 2.89. The molecule has 0 aromatic heterocycles. The molecule has 1 aliphatic rings. The zero-order valence-electron chi connectivity index (χ0n) is 12.4. The van der Waals surface area contributed by atoms with Gasteiger partial charge in [0.25, 0.3) is 0 Å². The summed E-state index contributed by atoms with van der Waals surface area (Å²) in [6.07, 6.45) is 1.06. The molecule has 1 N–H and O–H groups in total. The number of hydrogen-bond donors (Lipinski definition) is 1. The SMILES string of the molecule is CCOc1ccc(C2Cc3ccc(C)c(C)c3N2)cc1. The van der Waals surface area contributed by atoms with Gasteiger partial charge in [-0.15, -0.1) is 0 Å². The number of ether oxygens (including phenoxy) is 1. The molecule has 2 nitrogen and oxygen atoms in total. The maximum Gasteiger partial charge on any atom is 0.119 e. The summed E-state index contributed by atoms with van der Waals surface area (Å²) in [7, 11) is 0. The number of fused-ring (bicyclic) bond motifs is 1. The van der Waals surface area contributed by atoms with E-state index in [1.54, 1.807) is 0 Å². The van der Waals surface area contributed by atoms with Crippen molar-refractivity contribution in [3.05, 3.63) is 58.7 Å². The van der Waals surface area contributed by atoms with Crippen LogP contribution in [0.1, 0.15) is 35.2 Å². The molecule has 0 saturated heterocycles. The lowest BCUT2D eigenvalue weighted by Crippen LogP contribution is -2.06. The van der Waals surface area contributed by atoms with Gasteiger partial charge in [-0.05, 0) is 61.6 Å². The third-order valence-electron chi connectivity index (χ3n) is 4.16. The van der Waals surface area contributed by atoms with Crippen LogP contribution in [-0.4, -0.2) is 6.61 Å². The van der Waals surface area contributed by atoms with E-state index in [0.29, 0.717) is 12.6 Å². The van der Waals surface area contributed by atoms with Crippen LogP contribution in [0, 0.1) is 13.8 Å². The molecule has 104 valence electrons. The Balaban J connectivity index is 1.83. The van der Waals surface area contributed by atoms with Gasteiger partial charge in [0.05, 0.1) is 12.6 Å². The molecule has 0 aliphatic carbocycles. The van der Waals surface area contributed by atoms with Crippen molar-refractivity contribution in [1.82, 2.24) is 0 Å². The standard InChI is InChI=1S/C18H21NO/c1-4-20-16-9-7-14(8-10-16)17-11-15-6-5-12(2)13(3)18(15)19-17/h5-10,17,19H,4,11H2,1-3H3. The molecular weight excluding hydrogens is 246 g/mol. The van der Waals surface area contributed by atoms with E-state index in [-0.39, 0.29) is 0 Å². The van der Waals surface area contributed by atoms with E-state index in [1.807, 2.05) is 6.92 Å². The van der Waals surface area contributed by atoms with Crippen molar-refractivity contribution in [3.63, 3.8) is 0 Å². The highest BCUT2D eigenvalue weighted by molar-refractivity contribution is 5.65. The van der Waals surface area contributed by atoms with Gasteiger partial charge in [0, 0.05) is 5.69 Å². The third kappa shape index (κ3) is 2.26. The van der Waals surface area contributed by atoms with Crippen molar-refractivity contribution in [2.45, 2.75) is 33.2 Å². The fourth-order valence-corrected chi connectivity index (χ4v) is 2.85. The van der Waals surface area contributed by atoms with Gasteiger partial charge in [-0.2, -0.15) is 0 Å². The fraction of sp³-hybridized carbons (Fsp3) is 0.333. The zero-order chi connectivity index (χ0) is 14.1. The number of anilines is 1. The molecule has 2 aromatic carbocycles. The average molecular weight is 267 g/mol. The van der Waals surface area contributed by atoms with Gasteiger partial charge < -0.3 is 10.1 Å². The maximum atomic E-state index is 5.50. The van der Waals surface area contributed by atoms with Crippen LogP contribution < -0.4 is 10.1 Å². The Hall–Kier alpha value is -1.96. The summed E-state index contributed by atoms with van der Waals surface area (Å²) in [4.78, 5) is 0. The number of aryl methyl sites for hydroxylation is 1. The van der Waals surface area contributed by atoms with E-state index in [2.05, 4.69) is 55.6 Å². The summed E-state index contributed by atoms with van der Waals surface area (Å²) in [5.41, 5.74) is 6.79. The molecule has 0 radical (unpaired) electrons. The van der Waals surface area contributed by atoms with Gasteiger partial charge in [-0.1, -0.05) is 24.3 Å². The normalized spacial score (nSPS) is 16.6. The fourth-order valence-electron chi connectivity index (χ4n) is 2.85. The minimum atomic E-state index is 0.376. The Bertz CT molecular complexity index is 616. The van der Waals surface area contributed by atoms with E-state index in [0.717, 1.165) is 12.2 Å². The van der Waals surface area contributed by atoms with E-state index < -0.39 is 0 Å². The van der Waals surface area contributed by atoms with E-state index in [9.17, 15) is 0 Å². The molecule has 0 spiro atoms. The first-order chi connectivity index (χ1) is 9.69. The highest BCUT2D eigenvalue weighted by atomic mass is 16.5. The van der Waals surface area contributed by atoms with E-state index in [1.165, 1.54) is 27.9 Å². The van der Waals surface area contributed by atoms with E-state index >= 15 is 0 Å².